The van der Waals surface area contributed by atoms with Crippen LogP contribution in [0.3, 0.4) is 0 Å². The van der Waals surface area contributed by atoms with Crippen LogP contribution in [0.5, 0.6) is 11.5 Å². The molecular formula is C17H26ClN5O2. The Labute approximate surface area is 153 Å². The Morgan fingerprint density at radius 1 is 1.12 bits per heavy atom. The average molecular weight is 368 g/mol. The molecule has 0 unspecified atom stereocenters. The minimum atomic E-state index is 0.499. The molecule has 2 rings (SSSR count). The van der Waals surface area contributed by atoms with Crippen LogP contribution in [-0.2, 0) is 13.1 Å². The second kappa shape index (κ2) is 10.1. The smallest absolute Gasteiger partial charge is 0.243 e. The van der Waals surface area contributed by atoms with Crippen molar-refractivity contribution in [2.45, 2.75) is 53.1 Å². The molecule has 1 aromatic carbocycles. The predicted molar refractivity (Wildman–Crippen MR) is 98.5 cm³/mol. The molecule has 138 valence electrons. The molecule has 0 atom stereocenters. The van der Waals surface area contributed by atoms with Crippen molar-refractivity contribution >= 4 is 17.5 Å². The molecule has 0 spiro atoms. The summed E-state index contributed by atoms with van der Waals surface area (Å²) in [5, 5.41) is 15.6. The number of tetrazole rings is 1. The highest BCUT2D eigenvalue weighted by Gasteiger charge is 2.12. The number of hydrogen-bond donors (Lipinski definition) is 1. The first kappa shape index (κ1) is 19.3. The average Bonchev–Trinajstić information content (AvgIpc) is 3.06. The van der Waals surface area contributed by atoms with Gasteiger partial charge in [0.2, 0.25) is 5.95 Å². The van der Waals surface area contributed by atoms with Crippen LogP contribution in [0.4, 0.5) is 5.95 Å². The Hall–Kier alpha value is -2.02. The molecule has 0 aliphatic heterocycles. The zero-order valence-electron chi connectivity index (χ0n) is 15.1. The van der Waals surface area contributed by atoms with E-state index >= 15 is 0 Å². The molecule has 0 radical (unpaired) electrons. The van der Waals surface area contributed by atoms with Gasteiger partial charge in [0.1, 0.15) is 0 Å². The van der Waals surface area contributed by atoms with Gasteiger partial charge in [0.05, 0.1) is 13.2 Å². The zero-order chi connectivity index (χ0) is 18.1. The fourth-order valence-electron chi connectivity index (χ4n) is 2.27. The van der Waals surface area contributed by atoms with Crippen molar-refractivity contribution in [2.75, 3.05) is 18.5 Å². The van der Waals surface area contributed by atoms with Gasteiger partial charge in [-0.3, -0.25) is 0 Å². The maximum atomic E-state index is 6.41. The van der Waals surface area contributed by atoms with Gasteiger partial charge in [0.15, 0.2) is 11.5 Å². The summed E-state index contributed by atoms with van der Waals surface area (Å²) in [5.74, 6) is 2.00. The lowest BCUT2D eigenvalue weighted by Gasteiger charge is -2.15. The van der Waals surface area contributed by atoms with Gasteiger partial charge in [-0.2, -0.15) is 0 Å². The van der Waals surface area contributed by atoms with Crippen molar-refractivity contribution < 1.29 is 9.47 Å². The normalized spacial score (nSPS) is 10.7. The minimum Gasteiger partial charge on any atom is -0.490 e. The van der Waals surface area contributed by atoms with Gasteiger partial charge in [-0.15, -0.1) is 0 Å². The van der Waals surface area contributed by atoms with Crippen molar-refractivity contribution in [2.24, 2.45) is 0 Å². The largest absolute Gasteiger partial charge is 0.490 e. The Kier molecular flexibility index (Phi) is 7.78. The summed E-state index contributed by atoms with van der Waals surface area (Å²) in [5.41, 5.74) is 0.902. The van der Waals surface area contributed by atoms with Crippen LogP contribution >= 0.6 is 11.6 Å². The highest BCUT2D eigenvalue weighted by molar-refractivity contribution is 6.31. The molecule has 0 saturated heterocycles. The Balaban J connectivity index is 2.11. The number of aromatic nitrogens is 4. The van der Waals surface area contributed by atoms with E-state index in [1.54, 1.807) is 10.7 Å². The summed E-state index contributed by atoms with van der Waals surface area (Å²) in [6.07, 6.45) is 3.04. The van der Waals surface area contributed by atoms with Gasteiger partial charge in [-0.25, -0.2) is 4.68 Å². The molecule has 0 saturated carbocycles. The lowest BCUT2D eigenvalue weighted by atomic mass is 10.2. The molecular weight excluding hydrogens is 342 g/mol. The Morgan fingerprint density at radius 3 is 2.64 bits per heavy atom. The Bertz CT molecular complexity index is 662. The van der Waals surface area contributed by atoms with E-state index < -0.39 is 0 Å². The van der Waals surface area contributed by atoms with Crippen molar-refractivity contribution in [3.05, 3.63) is 22.7 Å². The first-order chi connectivity index (χ1) is 12.2. The number of halogens is 1. The quantitative estimate of drug-likeness (QED) is 0.648. The summed E-state index contributed by atoms with van der Waals surface area (Å²) in [6, 6.07) is 3.71. The van der Waals surface area contributed by atoms with E-state index in [1.165, 1.54) is 0 Å². The van der Waals surface area contributed by atoms with Crippen molar-refractivity contribution in [1.29, 1.82) is 0 Å². The molecule has 2 aromatic rings. The van der Waals surface area contributed by atoms with Gasteiger partial charge < -0.3 is 14.8 Å². The maximum absolute atomic E-state index is 6.41. The highest BCUT2D eigenvalue weighted by atomic mass is 35.5. The number of rotatable bonds is 11. The first-order valence-corrected chi connectivity index (χ1v) is 9.15. The molecule has 1 N–H and O–H groups in total. The summed E-state index contributed by atoms with van der Waals surface area (Å²) < 4.78 is 13.2. The second-order valence-electron chi connectivity index (χ2n) is 5.60. The van der Waals surface area contributed by atoms with Gasteiger partial charge in [-0.1, -0.05) is 37.0 Å². The third-order valence-corrected chi connectivity index (χ3v) is 3.92. The molecule has 1 heterocycles. The number of unbranched alkanes of at least 4 members (excludes halogenated alkanes) is 1. The first-order valence-electron chi connectivity index (χ1n) is 8.77. The number of hydrogen-bond acceptors (Lipinski definition) is 6. The zero-order valence-corrected chi connectivity index (χ0v) is 15.8. The number of aryl methyl sites for hydroxylation is 1. The van der Waals surface area contributed by atoms with E-state index in [0.29, 0.717) is 42.2 Å². The molecule has 0 amide bonds. The Morgan fingerprint density at radius 2 is 1.92 bits per heavy atom. The fraction of sp³-hybridized carbons (Fsp3) is 0.588. The van der Waals surface area contributed by atoms with Crippen molar-refractivity contribution in [3.63, 3.8) is 0 Å². The van der Waals surface area contributed by atoms with Crippen LogP contribution in [0, 0.1) is 0 Å². The predicted octanol–water partition coefficient (Wildman–Crippen LogP) is 3.93. The van der Waals surface area contributed by atoms with E-state index in [2.05, 4.69) is 34.7 Å². The van der Waals surface area contributed by atoms with Gasteiger partial charge in [0, 0.05) is 24.2 Å². The lowest BCUT2D eigenvalue weighted by molar-refractivity contribution is 0.276. The summed E-state index contributed by atoms with van der Waals surface area (Å²) >= 11 is 6.41. The summed E-state index contributed by atoms with van der Waals surface area (Å²) in [6.45, 7) is 8.61. The maximum Gasteiger partial charge on any atom is 0.243 e. The molecule has 1 aromatic heterocycles. The number of anilines is 1. The van der Waals surface area contributed by atoms with Crippen molar-refractivity contribution in [3.8, 4) is 11.5 Å². The van der Waals surface area contributed by atoms with Gasteiger partial charge >= 0.3 is 0 Å². The summed E-state index contributed by atoms with van der Waals surface area (Å²) in [4.78, 5) is 0. The van der Waals surface area contributed by atoms with Crippen LogP contribution in [0.2, 0.25) is 5.02 Å². The number of benzene rings is 1. The molecule has 25 heavy (non-hydrogen) atoms. The number of nitrogens with one attached hydrogen (secondary N) is 1. The monoisotopic (exact) mass is 367 g/mol. The second-order valence-corrected chi connectivity index (χ2v) is 6.01. The number of ether oxygens (including phenoxy) is 2. The molecule has 0 aliphatic carbocycles. The molecule has 0 bridgehead atoms. The van der Waals surface area contributed by atoms with Gasteiger partial charge in [-0.05, 0) is 41.8 Å². The van der Waals surface area contributed by atoms with Crippen molar-refractivity contribution in [1.82, 2.24) is 20.2 Å². The van der Waals surface area contributed by atoms with Gasteiger partial charge in [0.25, 0.3) is 0 Å². The molecule has 8 heteroatoms. The van der Waals surface area contributed by atoms with E-state index in [0.717, 1.165) is 31.4 Å². The van der Waals surface area contributed by atoms with Crippen LogP contribution in [0.25, 0.3) is 0 Å². The standard InChI is InChI=1S/C17H26ClN5O2/c1-4-7-8-23-17(20-21-22-23)19-12-13-10-15(24-6-3)16(11-14(13)18)25-9-5-2/h10-11H,4-9,12H2,1-3H3,(H,19,20,22). The topological polar surface area (TPSA) is 74.1 Å². The molecule has 0 fully saturated rings. The SMILES string of the molecule is CCCCn1nnnc1NCc1cc(OCC)c(OCCC)cc1Cl. The fourth-order valence-corrected chi connectivity index (χ4v) is 2.49. The molecule has 7 nitrogen and oxygen atoms in total. The summed E-state index contributed by atoms with van der Waals surface area (Å²) in [7, 11) is 0. The van der Waals surface area contributed by atoms with Crippen LogP contribution in [0.15, 0.2) is 12.1 Å². The molecule has 0 aliphatic rings. The van der Waals surface area contributed by atoms with E-state index in [9.17, 15) is 0 Å². The third-order valence-electron chi connectivity index (χ3n) is 3.57. The van der Waals surface area contributed by atoms with Crippen LogP contribution in [0.1, 0.15) is 45.6 Å². The third kappa shape index (κ3) is 5.49. The minimum absolute atomic E-state index is 0.499. The lowest BCUT2D eigenvalue weighted by Crippen LogP contribution is -2.10. The van der Waals surface area contributed by atoms with E-state index in [1.807, 2.05) is 13.0 Å². The van der Waals surface area contributed by atoms with E-state index in [-0.39, 0.29) is 0 Å². The highest BCUT2D eigenvalue weighted by Crippen LogP contribution is 2.34. The number of nitrogens with zero attached hydrogens (tertiary/aromatic N) is 4. The van der Waals surface area contributed by atoms with Crippen LogP contribution < -0.4 is 14.8 Å². The van der Waals surface area contributed by atoms with E-state index in [4.69, 9.17) is 21.1 Å². The van der Waals surface area contributed by atoms with Crippen LogP contribution in [-0.4, -0.2) is 33.4 Å².